The highest BCUT2D eigenvalue weighted by atomic mass is 16.1. The van der Waals surface area contributed by atoms with E-state index < -0.39 is 0 Å². The molecule has 0 radical (unpaired) electrons. The number of tetrazole rings is 1. The van der Waals surface area contributed by atoms with Crippen LogP contribution in [0.15, 0.2) is 36.7 Å². The van der Waals surface area contributed by atoms with Crippen LogP contribution in [0.25, 0.3) is 5.65 Å². The molecule has 1 amide bonds. The van der Waals surface area contributed by atoms with Crippen LogP contribution in [-0.4, -0.2) is 49.2 Å². The zero-order chi connectivity index (χ0) is 17.1. The molecule has 0 bridgehead atoms. The number of aromatic nitrogens is 6. The number of carbonyl (C=O) groups is 1. The van der Waals surface area contributed by atoms with Crippen molar-refractivity contribution in [3.05, 3.63) is 42.2 Å². The summed E-state index contributed by atoms with van der Waals surface area (Å²) in [5.74, 6) is 0.804. The molecule has 9 heteroatoms. The molecule has 1 unspecified atom stereocenters. The van der Waals surface area contributed by atoms with Gasteiger partial charge in [0.1, 0.15) is 0 Å². The Labute approximate surface area is 144 Å². The highest BCUT2D eigenvalue weighted by Crippen LogP contribution is 2.21. The third kappa shape index (κ3) is 3.39. The molecule has 1 fully saturated rings. The van der Waals surface area contributed by atoms with Crippen LogP contribution in [0.5, 0.6) is 0 Å². The average molecular weight is 338 g/mol. The Morgan fingerprint density at radius 3 is 3.00 bits per heavy atom. The summed E-state index contributed by atoms with van der Waals surface area (Å²) in [4.78, 5) is 18.6. The number of anilines is 1. The van der Waals surface area contributed by atoms with Crippen LogP contribution in [0.3, 0.4) is 0 Å². The lowest BCUT2D eigenvalue weighted by molar-refractivity contribution is -0.125. The maximum Gasteiger partial charge on any atom is 0.225 e. The molecule has 1 saturated heterocycles. The summed E-state index contributed by atoms with van der Waals surface area (Å²) in [6.45, 7) is 2.03. The summed E-state index contributed by atoms with van der Waals surface area (Å²) in [5.41, 5.74) is 1.65. The van der Waals surface area contributed by atoms with Crippen molar-refractivity contribution < 1.29 is 4.79 Å². The summed E-state index contributed by atoms with van der Waals surface area (Å²) in [6.07, 6.45) is 5.28. The second-order valence-electron chi connectivity index (χ2n) is 6.08. The quantitative estimate of drug-likeness (QED) is 0.737. The predicted molar refractivity (Wildman–Crippen MR) is 89.6 cm³/mol. The Morgan fingerprint density at radius 2 is 2.12 bits per heavy atom. The van der Waals surface area contributed by atoms with E-state index in [1.807, 2.05) is 24.3 Å². The largest absolute Gasteiger partial charge is 0.354 e. The number of hydrogen-bond donors (Lipinski definition) is 1. The standard InChI is InChI=1S/C16H18N8O/c25-16(18-10-12-5-7-17-8-6-12)13-2-1-9-23(11-13)15-4-3-14-19-21-22-24(14)20-15/h3-8,13H,1-2,9-11H2,(H,18,25). The highest BCUT2D eigenvalue weighted by Gasteiger charge is 2.26. The van der Waals surface area contributed by atoms with E-state index >= 15 is 0 Å². The maximum atomic E-state index is 12.5. The van der Waals surface area contributed by atoms with Gasteiger partial charge >= 0.3 is 0 Å². The SMILES string of the molecule is O=C(NCc1ccncc1)C1CCCN(c2ccc3nnnn3n2)C1. The Balaban J connectivity index is 1.40. The van der Waals surface area contributed by atoms with Crippen molar-refractivity contribution in [2.45, 2.75) is 19.4 Å². The fourth-order valence-electron chi connectivity index (χ4n) is 3.04. The number of nitrogens with one attached hydrogen (secondary N) is 1. The monoisotopic (exact) mass is 338 g/mol. The van der Waals surface area contributed by atoms with Crippen LogP contribution in [-0.2, 0) is 11.3 Å². The molecule has 128 valence electrons. The molecular formula is C16H18N8O. The summed E-state index contributed by atoms with van der Waals surface area (Å²) >= 11 is 0. The number of carbonyl (C=O) groups excluding carboxylic acids is 1. The third-order valence-electron chi connectivity index (χ3n) is 4.39. The molecule has 1 aliphatic rings. The molecule has 0 spiro atoms. The lowest BCUT2D eigenvalue weighted by Crippen LogP contribution is -2.43. The van der Waals surface area contributed by atoms with Crippen LogP contribution in [0.1, 0.15) is 18.4 Å². The molecule has 3 aromatic rings. The highest BCUT2D eigenvalue weighted by molar-refractivity contribution is 5.79. The number of rotatable bonds is 4. The number of amides is 1. The van der Waals surface area contributed by atoms with Gasteiger partial charge in [-0.3, -0.25) is 9.78 Å². The van der Waals surface area contributed by atoms with Crippen molar-refractivity contribution >= 4 is 17.4 Å². The molecule has 4 heterocycles. The molecule has 1 N–H and O–H groups in total. The molecule has 1 aliphatic heterocycles. The van der Waals surface area contributed by atoms with E-state index in [1.165, 1.54) is 4.63 Å². The van der Waals surface area contributed by atoms with Gasteiger partial charge < -0.3 is 10.2 Å². The number of pyridine rings is 1. The van der Waals surface area contributed by atoms with Crippen molar-refractivity contribution in [2.24, 2.45) is 5.92 Å². The van der Waals surface area contributed by atoms with Crippen LogP contribution in [0.2, 0.25) is 0 Å². The van der Waals surface area contributed by atoms with Crippen molar-refractivity contribution in [2.75, 3.05) is 18.0 Å². The number of nitrogens with zero attached hydrogens (tertiary/aromatic N) is 7. The van der Waals surface area contributed by atoms with Gasteiger partial charge in [0, 0.05) is 32.0 Å². The van der Waals surface area contributed by atoms with Crippen molar-refractivity contribution in [3.8, 4) is 0 Å². The molecule has 3 aromatic heterocycles. The lowest BCUT2D eigenvalue weighted by atomic mass is 9.97. The normalized spacial score (nSPS) is 17.6. The van der Waals surface area contributed by atoms with Crippen LogP contribution in [0.4, 0.5) is 5.82 Å². The van der Waals surface area contributed by atoms with E-state index in [-0.39, 0.29) is 11.8 Å². The van der Waals surface area contributed by atoms with Gasteiger partial charge in [0.05, 0.1) is 5.92 Å². The first-order valence-corrected chi connectivity index (χ1v) is 8.26. The van der Waals surface area contributed by atoms with Gasteiger partial charge in [0.2, 0.25) is 5.91 Å². The van der Waals surface area contributed by atoms with E-state index in [4.69, 9.17) is 0 Å². The fourth-order valence-corrected chi connectivity index (χ4v) is 3.04. The fraction of sp³-hybridized carbons (Fsp3) is 0.375. The minimum atomic E-state index is -0.0537. The molecule has 0 aliphatic carbocycles. The zero-order valence-corrected chi connectivity index (χ0v) is 13.6. The Morgan fingerprint density at radius 1 is 1.24 bits per heavy atom. The molecule has 9 nitrogen and oxygen atoms in total. The van der Waals surface area contributed by atoms with Gasteiger partial charge in [0.25, 0.3) is 0 Å². The van der Waals surface area contributed by atoms with Gasteiger partial charge in [-0.1, -0.05) is 0 Å². The minimum absolute atomic E-state index is 0.0537. The molecule has 25 heavy (non-hydrogen) atoms. The summed E-state index contributed by atoms with van der Waals surface area (Å²) in [5, 5.41) is 18.7. The van der Waals surface area contributed by atoms with Gasteiger partial charge in [-0.2, -0.15) is 0 Å². The lowest BCUT2D eigenvalue weighted by Gasteiger charge is -2.32. The van der Waals surface area contributed by atoms with Crippen molar-refractivity contribution in [3.63, 3.8) is 0 Å². The van der Waals surface area contributed by atoms with Crippen LogP contribution in [0, 0.1) is 5.92 Å². The summed E-state index contributed by atoms with van der Waals surface area (Å²) in [7, 11) is 0. The van der Waals surface area contributed by atoms with Crippen LogP contribution < -0.4 is 10.2 Å². The van der Waals surface area contributed by atoms with E-state index in [2.05, 4.69) is 35.8 Å². The predicted octanol–water partition coefficient (Wildman–Crippen LogP) is 0.447. The molecule has 0 saturated carbocycles. The van der Waals surface area contributed by atoms with Gasteiger partial charge in [-0.15, -0.1) is 14.8 Å². The average Bonchev–Trinajstić information content (AvgIpc) is 3.15. The van der Waals surface area contributed by atoms with Gasteiger partial charge in [-0.25, -0.2) is 0 Å². The second-order valence-corrected chi connectivity index (χ2v) is 6.08. The first-order chi connectivity index (χ1) is 12.3. The van der Waals surface area contributed by atoms with Crippen molar-refractivity contribution in [1.29, 1.82) is 0 Å². The number of fused-ring (bicyclic) bond motifs is 1. The third-order valence-corrected chi connectivity index (χ3v) is 4.39. The van der Waals surface area contributed by atoms with E-state index in [1.54, 1.807) is 12.4 Å². The Hall–Kier alpha value is -3.10. The van der Waals surface area contributed by atoms with Gasteiger partial charge in [-0.05, 0) is 53.1 Å². The van der Waals surface area contributed by atoms with E-state index in [9.17, 15) is 4.79 Å². The Bertz CT molecular complexity index is 865. The molecule has 4 rings (SSSR count). The second kappa shape index (κ2) is 6.80. The molecule has 0 aromatic carbocycles. The molecular weight excluding hydrogens is 320 g/mol. The van der Waals surface area contributed by atoms with E-state index in [0.717, 1.165) is 30.8 Å². The number of hydrogen-bond acceptors (Lipinski definition) is 7. The van der Waals surface area contributed by atoms with E-state index in [0.29, 0.717) is 18.7 Å². The first kappa shape index (κ1) is 15.4. The summed E-state index contributed by atoms with van der Waals surface area (Å²) in [6, 6.07) is 7.52. The maximum absolute atomic E-state index is 12.5. The van der Waals surface area contributed by atoms with Crippen LogP contribution >= 0.6 is 0 Å². The molecule has 1 atom stereocenters. The minimum Gasteiger partial charge on any atom is -0.354 e. The summed E-state index contributed by atoms with van der Waals surface area (Å²) < 4.78 is 1.41. The zero-order valence-electron chi connectivity index (χ0n) is 13.6. The van der Waals surface area contributed by atoms with Gasteiger partial charge in [0.15, 0.2) is 11.5 Å². The first-order valence-electron chi connectivity index (χ1n) is 8.26. The van der Waals surface area contributed by atoms with Crippen molar-refractivity contribution in [1.82, 2.24) is 35.6 Å². The topological polar surface area (TPSA) is 101 Å². The Kier molecular flexibility index (Phi) is 4.19. The number of piperidine rings is 1. The smallest absolute Gasteiger partial charge is 0.225 e.